The molecule has 1 amide bonds. The molecule has 1 saturated heterocycles. The third-order valence-electron chi connectivity index (χ3n) is 7.30. The van der Waals surface area contributed by atoms with Crippen molar-refractivity contribution in [2.24, 2.45) is 0 Å². The minimum atomic E-state index is -4.28. The highest BCUT2D eigenvalue weighted by Gasteiger charge is 2.44. The zero-order valence-corrected chi connectivity index (χ0v) is 22.7. The second kappa shape index (κ2) is 11.0. The predicted molar refractivity (Wildman–Crippen MR) is 142 cm³/mol. The fourth-order valence-electron chi connectivity index (χ4n) is 5.07. The standard InChI is InChI=1S/C25H27FN8O7S/c26-14-5-7-16(8-6-14)42(39,40)32-23(38)13-9-28-34(10-13)25-30-21(29-15-3-1-2-4-15)18-22(31-25)33(12-27-18)24-20(37)19(36)17(11-35)41-24/h5-10,12,15,17,19-20,24,35-37H,1-4,11H2,(H,32,38)(H,29,30,31)/t17-,19?,20?,24-/m1/s1. The molecule has 4 heterocycles. The van der Waals surface area contributed by atoms with Gasteiger partial charge in [-0.15, -0.1) is 0 Å². The van der Waals surface area contributed by atoms with Crippen LogP contribution in [0.25, 0.3) is 17.1 Å². The average molecular weight is 603 g/mol. The zero-order chi connectivity index (χ0) is 29.6. The van der Waals surface area contributed by atoms with Gasteiger partial charge < -0.3 is 25.4 Å². The number of fused-ring (bicyclic) bond motifs is 1. The fourth-order valence-corrected chi connectivity index (χ4v) is 6.04. The van der Waals surface area contributed by atoms with Crippen LogP contribution in [0.2, 0.25) is 0 Å². The molecule has 1 saturated carbocycles. The fraction of sp³-hybridized carbons (Fsp3) is 0.400. The van der Waals surface area contributed by atoms with E-state index in [0.29, 0.717) is 11.3 Å². The van der Waals surface area contributed by atoms with Crippen LogP contribution < -0.4 is 10.0 Å². The van der Waals surface area contributed by atoms with E-state index in [2.05, 4.69) is 25.4 Å². The zero-order valence-electron chi connectivity index (χ0n) is 21.9. The normalized spacial score (nSPS) is 23.0. The van der Waals surface area contributed by atoms with E-state index in [1.54, 1.807) is 0 Å². The number of nitrogens with one attached hydrogen (secondary N) is 2. The number of aliphatic hydroxyl groups is 3. The summed E-state index contributed by atoms with van der Waals surface area (Å²) >= 11 is 0. The average Bonchev–Trinajstić information content (AvgIpc) is 3.77. The van der Waals surface area contributed by atoms with Gasteiger partial charge in [-0.2, -0.15) is 15.1 Å². The first-order valence-corrected chi connectivity index (χ1v) is 14.6. The first kappa shape index (κ1) is 28.1. The van der Waals surface area contributed by atoms with E-state index in [4.69, 9.17) is 4.74 Å². The molecule has 1 aliphatic heterocycles. The molecule has 222 valence electrons. The van der Waals surface area contributed by atoms with Gasteiger partial charge in [0.05, 0.1) is 29.6 Å². The highest BCUT2D eigenvalue weighted by atomic mass is 32.2. The first-order chi connectivity index (χ1) is 20.1. The van der Waals surface area contributed by atoms with Crippen molar-refractivity contribution < 1.29 is 37.7 Å². The number of rotatable bonds is 8. The number of aromatic nitrogens is 6. The van der Waals surface area contributed by atoms with E-state index in [0.717, 1.165) is 56.1 Å². The summed E-state index contributed by atoms with van der Waals surface area (Å²) in [5, 5.41) is 37.9. The van der Waals surface area contributed by atoms with Crippen molar-refractivity contribution in [3.05, 3.63) is 54.4 Å². The molecule has 15 nitrogen and oxygen atoms in total. The number of carbonyl (C=O) groups is 1. The van der Waals surface area contributed by atoms with Crippen molar-refractivity contribution in [3.63, 3.8) is 0 Å². The van der Waals surface area contributed by atoms with Gasteiger partial charge in [0.15, 0.2) is 23.2 Å². The summed E-state index contributed by atoms with van der Waals surface area (Å²) < 4.78 is 48.6. The molecule has 2 aliphatic rings. The highest BCUT2D eigenvalue weighted by Crippen LogP contribution is 2.33. The molecule has 0 spiro atoms. The molecule has 1 aliphatic carbocycles. The largest absolute Gasteiger partial charge is 0.394 e. The number of sulfonamides is 1. The third-order valence-corrected chi connectivity index (χ3v) is 8.64. The lowest BCUT2D eigenvalue weighted by Crippen LogP contribution is -2.33. The second-order valence-corrected chi connectivity index (χ2v) is 11.8. The van der Waals surface area contributed by atoms with E-state index < -0.39 is 52.9 Å². The lowest BCUT2D eigenvalue weighted by Gasteiger charge is -2.18. The maximum atomic E-state index is 13.2. The molecule has 42 heavy (non-hydrogen) atoms. The van der Waals surface area contributed by atoms with Crippen LogP contribution in [0.15, 0.2) is 47.9 Å². The molecular weight excluding hydrogens is 575 g/mol. The summed E-state index contributed by atoms with van der Waals surface area (Å²) in [7, 11) is -4.28. The molecule has 1 aromatic carbocycles. The van der Waals surface area contributed by atoms with E-state index in [9.17, 15) is 32.9 Å². The van der Waals surface area contributed by atoms with Gasteiger partial charge in [0, 0.05) is 12.2 Å². The van der Waals surface area contributed by atoms with Gasteiger partial charge in [0.25, 0.3) is 21.9 Å². The number of aliphatic hydroxyl groups excluding tert-OH is 3. The second-order valence-electron chi connectivity index (χ2n) is 10.1. The summed E-state index contributed by atoms with van der Waals surface area (Å²) in [4.78, 5) is 26.0. The Labute approximate surface area is 238 Å². The molecule has 0 radical (unpaired) electrons. The number of anilines is 1. The molecule has 3 aromatic heterocycles. The third kappa shape index (κ3) is 5.20. The molecule has 6 rings (SSSR count). The van der Waals surface area contributed by atoms with Crippen molar-refractivity contribution in [2.75, 3.05) is 11.9 Å². The molecule has 5 N–H and O–H groups in total. The lowest BCUT2D eigenvalue weighted by atomic mass is 10.1. The Morgan fingerprint density at radius 3 is 2.55 bits per heavy atom. The van der Waals surface area contributed by atoms with Crippen molar-refractivity contribution in [2.45, 2.75) is 61.2 Å². The first-order valence-electron chi connectivity index (χ1n) is 13.2. The van der Waals surface area contributed by atoms with Crippen LogP contribution in [0.5, 0.6) is 0 Å². The number of amides is 1. The molecule has 4 atom stereocenters. The van der Waals surface area contributed by atoms with Crippen LogP contribution in [0.4, 0.5) is 10.2 Å². The number of benzene rings is 1. The Balaban J connectivity index is 1.34. The number of carbonyl (C=O) groups excluding carboxylic acids is 1. The topological polar surface area (TPSA) is 207 Å². The minimum Gasteiger partial charge on any atom is -0.394 e. The Hall–Kier alpha value is -4.03. The van der Waals surface area contributed by atoms with E-state index in [1.165, 1.54) is 21.8 Å². The molecule has 2 fully saturated rings. The number of hydrogen-bond donors (Lipinski definition) is 5. The summed E-state index contributed by atoms with van der Waals surface area (Å²) in [6.45, 7) is -0.509. The van der Waals surface area contributed by atoms with E-state index in [-0.39, 0.29) is 28.1 Å². The number of halogens is 1. The van der Waals surface area contributed by atoms with E-state index in [1.807, 2.05) is 4.72 Å². The van der Waals surface area contributed by atoms with Crippen LogP contribution in [0, 0.1) is 5.82 Å². The van der Waals surface area contributed by atoms with Gasteiger partial charge in [-0.3, -0.25) is 9.36 Å². The van der Waals surface area contributed by atoms with Crippen LogP contribution in [0.1, 0.15) is 42.3 Å². The van der Waals surface area contributed by atoms with Crippen molar-refractivity contribution in [1.29, 1.82) is 0 Å². The van der Waals surface area contributed by atoms with Gasteiger partial charge in [0.1, 0.15) is 24.1 Å². The number of hydrogen-bond acceptors (Lipinski definition) is 12. The molecule has 4 aromatic rings. The van der Waals surface area contributed by atoms with Gasteiger partial charge >= 0.3 is 0 Å². The Kier molecular flexibility index (Phi) is 7.36. The number of ether oxygens (including phenoxy) is 1. The van der Waals surface area contributed by atoms with Crippen molar-refractivity contribution in [1.82, 2.24) is 34.0 Å². The number of nitrogens with zero attached hydrogens (tertiary/aromatic N) is 6. The van der Waals surface area contributed by atoms with Crippen molar-refractivity contribution in [3.8, 4) is 5.95 Å². The molecule has 0 bridgehead atoms. The Morgan fingerprint density at radius 1 is 1.12 bits per heavy atom. The monoisotopic (exact) mass is 602 g/mol. The highest BCUT2D eigenvalue weighted by molar-refractivity contribution is 7.90. The Bertz CT molecular complexity index is 1720. The molecule has 17 heteroatoms. The maximum absolute atomic E-state index is 13.2. The molecular formula is C25H27FN8O7S. The predicted octanol–water partition coefficient (Wildman–Crippen LogP) is 0.236. The van der Waals surface area contributed by atoms with E-state index >= 15 is 0 Å². The van der Waals surface area contributed by atoms with Crippen molar-refractivity contribution >= 4 is 32.9 Å². The van der Waals surface area contributed by atoms with Gasteiger partial charge in [-0.25, -0.2) is 27.2 Å². The smallest absolute Gasteiger partial charge is 0.268 e. The van der Waals surface area contributed by atoms with Gasteiger partial charge in [-0.05, 0) is 37.1 Å². The SMILES string of the molecule is O=C(NS(=O)(=O)c1ccc(F)cc1)c1cnn(-c2nc(NC3CCCC3)c3ncn([C@@H]4O[C@H](CO)C(O)C4O)c3n2)c1. The Morgan fingerprint density at radius 2 is 1.86 bits per heavy atom. The quantitative estimate of drug-likeness (QED) is 0.184. The van der Waals surface area contributed by atoms with Gasteiger partial charge in [0.2, 0.25) is 0 Å². The van der Waals surface area contributed by atoms with Crippen LogP contribution in [-0.4, -0.2) is 89.9 Å². The van der Waals surface area contributed by atoms with Crippen LogP contribution in [-0.2, 0) is 14.8 Å². The van der Waals surface area contributed by atoms with Crippen LogP contribution in [0.3, 0.4) is 0 Å². The summed E-state index contributed by atoms with van der Waals surface area (Å²) in [6.07, 6.45) is 2.85. The summed E-state index contributed by atoms with van der Waals surface area (Å²) in [5.41, 5.74) is 0.460. The molecule has 2 unspecified atom stereocenters. The van der Waals surface area contributed by atoms with Gasteiger partial charge in [-0.1, -0.05) is 12.8 Å². The lowest BCUT2D eigenvalue weighted by molar-refractivity contribution is -0.0511. The summed E-state index contributed by atoms with van der Waals surface area (Å²) in [5.74, 6) is -1.24. The minimum absolute atomic E-state index is 0.00284. The maximum Gasteiger partial charge on any atom is 0.268 e. The number of imidazole rings is 1. The summed E-state index contributed by atoms with van der Waals surface area (Å²) in [6, 6.07) is 4.13. The van der Waals surface area contributed by atoms with Crippen LogP contribution >= 0.6 is 0 Å².